The van der Waals surface area contributed by atoms with Crippen molar-refractivity contribution >= 4 is 11.9 Å². The van der Waals surface area contributed by atoms with Crippen LogP contribution in [0.25, 0.3) is 0 Å². The van der Waals surface area contributed by atoms with Gasteiger partial charge in [0.2, 0.25) is 0 Å². The highest BCUT2D eigenvalue weighted by molar-refractivity contribution is 5.90. The number of ether oxygens (including phenoxy) is 15. The van der Waals surface area contributed by atoms with E-state index < -0.39 is 111 Å². The lowest BCUT2D eigenvalue weighted by Gasteiger charge is -2.49. The van der Waals surface area contributed by atoms with Crippen LogP contribution in [0.3, 0.4) is 0 Å². The number of aliphatic hydroxyl groups is 1. The zero-order valence-electron chi connectivity index (χ0n) is 58.7. The minimum atomic E-state index is -1.76. The molecule has 10 aromatic carbocycles. The molecule has 10 aromatic rings. The van der Waals surface area contributed by atoms with Gasteiger partial charge in [-0.3, -0.25) is 0 Å². The number of carbonyl (C=O) groups is 2. The molecule has 0 unspecified atom stereocenters. The van der Waals surface area contributed by atoms with Crippen molar-refractivity contribution in [2.24, 2.45) is 0 Å². The van der Waals surface area contributed by atoms with Crippen molar-refractivity contribution in [2.45, 2.75) is 145 Å². The van der Waals surface area contributed by atoms with Crippen LogP contribution in [0, 0.1) is 0 Å². The lowest BCUT2D eigenvalue weighted by Crippen LogP contribution is -2.67. The molecule has 1 N–H and O–H groups in total. The van der Waals surface area contributed by atoms with Gasteiger partial charge in [0.25, 0.3) is 0 Å². The fourth-order valence-electron chi connectivity index (χ4n) is 13.1. The highest BCUT2D eigenvalue weighted by Crippen LogP contribution is 2.39. The molecule has 3 heterocycles. The summed E-state index contributed by atoms with van der Waals surface area (Å²) in [6, 6.07) is 94.5. The Balaban J connectivity index is 0.909. The maximum absolute atomic E-state index is 15.0. The van der Waals surface area contributed by atoms with Gasteiger partial charge < -0.3 is 76.2 Å². The van der Waals surface area contributed by atoms with E-state index in [9.17, 15) is 9.90 Å². The second kappa shape index (κ2) is 39.3. The molecule has 18 heteroatoms. The third-order valence-corrected chi connectivity index (χ3v) is 18.5. The van der Waals surface area contributed by atoms with Crippen LogP contribution < -0.4 is 0 Å². The van der Waals surface area contributed by atoms with E-state index in [4.69, 9.17) is 71.1 Å². The number of aliphatic hydroxyl groups excluding tert-OH is 1. The summed E-state index contributed by atoms with van der Waals surface area (Å²) in [5.41, 5.74) is 7.30. The molecule has 0 radical (unpaired) electrons. The summed E-state index contributed by atoms with van der Waals surface area (Å²) >= 11 is 0. The van der Waals surface area contributed by atoms with Crippen LogP contribution >= 0.6 is 0 Å². The van der Waals surface area contributed by atoms with E-state index in [1.807, 2.05) is 249 Å². The molecule has 3 fully saturated rings. The Hall–Kier alpha value is -9.42. The van der Waals surface area contributed by atoms with E-state index in [0.717, 1.165) is 44.5 Å². The molecule has 106 heavy (non-hydrogen) atoms. The first-order chi connectivity index (χ1) is 52.3. The second-order valence-corrected chi connectivity index (χ2v) is 26.1. The predicted octanol–water partition coefficient (Wildman–Crippen LogP) is 14.0. The maximum Gasteiger partial charge on any atom is 0.338 e. The van der Waals surface area contributed by atoms with Gasteiger partial charge in [-0.15, -0.1) is 0 Å². The fraction of sp³-hybridized carbons (Fsp3) is 0.295. The third-order valence-electron chi connectivity index (χ3n) is 18.5. The molecule has 18 nitrogen and oxygen atoms in total. The Morgan fingerprint density at radius 1 is 0.255 bits per heavy atom. The maximum atomic E-state index is 15.0. The van der Waals surface area contributed by atoms with Crippen molar-refractivity contribution in [1.29, 1.82) is 0 Å². The van der Waals surface area contributed by atoms with Crippen molar-refractivity contribution < 1.29 is 85.7 Å². The number of esters is 2. The molecule has 0 saturated carbocycles. The summed E-state index contributed by atoms with van der Waals surface area (Å²) < 4.78 is 105. The molecule has 0 aliphatic carbocycles. The molecule has 548 valence electrons. The number of hydrogen-bond acceptors (Lipinski definition) is 18. The molecule has 0 bridgehead atoms. The number of carbonyl (C=O) groups excluding carboxylic acids is 2. The van der Waals surface area contributed by atoms with E-state index in [1.165, 1.54) is 0 Å². The number of benzene rings is 10. The second-order valence-electron chi connectivity index (χ2n) is 26.1. The molecule has 3 aliphatic heterocycles. The molecule has 15 atom stereocenters. The van der Waals surface area contributed by atoms with Crippen LogP contribution in [-0.4, -0.2) is 129 Å². The van der Waals surface area contributed by atoms with E-state index in [2.05, 4.69) is 0 Å². The van der Waals surface area contributed by atoms with E-state index in [0.29, 0.717) is 0 Å². The van der Waals surface area contributed by atoms with Crippen LogP contribution in [0.1, 0.15) is 65.2 Å². The van der Waals surface area contributed by atoms with Gasteiger partial charge in [0.1, 0.15) is 61.0 Å². The standard InChI is InChI=1S/C88H88O18/c89-84(70-47-27-9-28-48-70)104-82-79(98-57-68-43-23-7-24-44-68)76(95-54-65-37-17-4-18-38-65)73(60-93-52-63-33-13-2-14-34-63)102-87(82)100-61-74-77(96-55-66-39-19-5-20-40-66)80(99-58-69-45-25-8-26-46-69)83(105-85(90)71-49-29-10-30-50-71)88(103-74)106-81-78(97-56-67-41-21-6-22-42-67)75(94-53-64-35-15-3-16-36-64)72(101-86(81)91)59-92-51-62-31-11-1-12-32-62/h1-50,72-83,86-88,91H,51-61H2/t72-,73-,74-,75-,76-,77-,78+,79+,80+,81+,82+,83+,86+,87+,88-/m1/s1. The summed E-state index contributed by atoms with van der Waals surface area (Å²) in [6.45, 7) is 0.308. The largest absolute Gasteiger partial charge is 0.450 e. The highest BCUT2D eigenvalue weighted by Gasteiger charge is 2.57. The van der Waals surface area contributed by atoms with Gasteiger partial charge in [0.05, 0.1) is 83.8 Å². The molecular weight excluding hydrogens is 1340 g/mol. The SMILES string of the molecule is O=C(O[C@@H]1[C@@H](OC[C@H]2O[C@H](O[C@H]3[C@@H](OCc4ccccc4)[C@H](OCc4ccccc4)[C@@H](COCc4ccccc4)O[C@@H]3O)[C@@H](OC(=O)c3ccccc3)[C@@H](OCc3ccccc3)[C@@H]2OCc2ccccc2)O[C@H](COCc2ccccc2)[C@@H](OCc2ccccc2)[C@@H]1OCc1ccccc1)c1ccccc1. The number of hydrogen-bond donors (Lipinski definition) is 1. The van der Waals surface area contributed by atoms with E-state index >= 15 is 4.79 Å². The molecule has 0 aromatic heterocycles. The van der Waals surface area contributed by atoms with Crippen LogP contribution in [0.4, 0.5) is 0 Å². The average Bonchev–Trinajstić information content (AvgIpc) is 0.773. The third kappa shape index (κ3) is 21.2. The molecule has 0 spiro atoms. The zero-order chi connectivity index (χ0) is 72.3. The lowest BCUT2D eigenvalue weighted by atomic mass is 9.95. The first-order valence-corrected chi connectivity index (χ1v) is 35.9. The summed E-state index contributed by atoms with van der Waals surface area (Å²) in [4.78, 5) is 29.9. The van der Waals surface area contributed by atoms with Crippen molar-refractivity contribution in [3.63, 3.8) is 0 Å². The zero-order valence-corrected chi connectivity index (χ0v) is 58.7. The van der Waals surface area contributed by atoms with Gasteiger partial charge in [-0.1, -0.05) is 279 Å². The van der Waals surface area contributed by atoms with Gasteiger partial charge in [-0.2, -0.15) is 0 Å². The van der Waals surface area contributed by atoms with Gasteiger partial charge in [-0.05, 0) is 68.8 Å². The summed E-state index contributed by atoms with van der Waals surface area (Å²) in [5, 5.41) is 12.9. The van der Waals surface area contributed by atoms with Gasteiger partial charge in [0.15, 0.2) is 31.1 Å². The minimum absolute atomic E-state index is 0.00802. The molecule has 0 amide bonds. The minimum Gasteiger partial charge on any atom is -0.450 e. The summed E-state index contributed by atoms with van der Waals surface area (Å²) in [5.74, 6) is -1.43. The average molecular weight is 1430 g/mol. The topological polar surface area (TPSA) is 193 Å². The molecular formula is C88H88O18. The molecule has 13 rings (SSSR count). The Bertz CT molecular complexity index is 4150. The van der Waals surface area contributed by atoms with Crippen LogP contribution in [0.2, 0.25) is 0 Å². The predicted molar refractivity (Wildman–Crippen MR) is 393 cm³/mol. The first kappa shape index (κ1) is 74.8. The smallest absolute Gasteiger partial charge is 0.338 e. The Morgan fingerprint density at radius 3 is 0.821 bits per heavy atom. The Morgan fingerprint density at radius 2 is 0.500 bits per heavy atom. The molecule has 3 aliphatic rings. The fourth-order valence-corrected chi connectivity index (χ4v) is 13.1. The Kier molecular flexibility index (Phi) is 27.7. The lowest BCUT2D eigenvalue weighted by molar-refractivity contribution is -0.378. The number of rotatable bonds is 35. The highest BCUT2D eigenvalue weighted by atomic mass is 16.8. The molecule has 3 saturated heterocycles. The van der Waals surface area contributed by atoms with Gasteiger partial charge in [0, 0.05) is 0 Å². The first-order valence-electron chi connectivity index (χ1n) is 35.9. The van der Waals surface area contributed by atoms with Crippen molar-refractivity contribution in [3.05, 3.63) is 359 Å². The van der Waals surface area contributed by atoms with Gasteiger partial charge >= 0.3 is 11.9 Å². The monoisotopic (exact) mass is 1430 g/mol. The van der Waals surface area contributed by atoms with Gasteiger partial charge in [-0.25, -0.2) is 9.59 Å². The summed E-state index contributed by atoms with van der Waals surface area (Å²) in [6.07, 6.45) is -19.0. The Labute approximate surface area is 618 Å². The van der Waals surface area contributed by atoms with Crippen molar-refractivity contribution in [2.75, 3.05) is 19.8 Å². The van der Waals surface area contributed by atoms with Crippen LogP contribution in [0.5, 0.6) is 0 Å². The van der Waals surface area contributed by atoms with Crippen molar-refractivity contribution in [3.8, 4) is 0 Å². The van der Waals surface area contributed by atoms with Crippen molar-refractivity contribution in [1.82, 2.24) is 0 Å². The van der Waals surface area contributed by atoms with Crippen LogP contribution in [-0.2, 0) is 124 Å². The summed E-state index contributed by atoms with van der Waals surface area (Å²) in [7, 11) is 0. The van der Waals surface area contributed by atoms with E-state index in [1.54, 1.807) is 54.6 Å². The van der Waals surface area contributed by atoms with E-state index in [-0.39, 0.29) is 77.2 Å². The van der Waals surface area contributed by atoms with Crippen LogP contribution in [0.15, 0.2) is 303 Å². The quantitative estimate of drug-likeness (QED) is 0.0368. The normalized spacial score (nSPS) is 24.4.